The summed E-state index contributed by atoms with van der Waals surface area (Å²) in [5.41, 5.74) is 1.65. The van der Waals surface area contributed by atoms with E-state index in [-0.39, 0.29) is 0 Å². The van der Waals surface area contributed by atoms with Gasteiger partial charge in [0.1, 0.15) is 0 Å². The maximum Gasteiger partial charge on any atom is 0.513 e. The molecule has 0 radical (unpaired) electrons. The Morgan fingerprint density at radius 2 is 1.86 bits per heavy atom. The first kappa shape index (κ1) is 10.9. The third-order valence-corrected chi connectivity index (χ3v) is 2.31. The highest BCUT2D eigenvalue weighted by Gasteiger charge is 2.12. The van der Waals surface area contributed by atoms with Crippen LogP contribution in [0.4, 0.5) is 4.79 Å². The molecule has 0 spiro atoms. The second kappa shape index (κ2) is 4.33. The quantitative estimate of drug-likeness (QED) is 0.532. The molecule has 1 aromatic carbocycles. The fraction of sp³-hybridized carbons (Fsp3) is 0.300. The Morgan fingerprint density at radius 1 is 1.29 bits per heavy atom. The highest BCUT2D eigenvalue weighted by molar-refractivity contribution is 6.33. The van der Waals surface area contributed by atoms with Crippen LogP contribution in [0.25, 0.3) is 0 Å². The minimum Gasteiger partial charge on any atom is -0.437 e. The summed E-state index contributed by atoms with van der Waals surface area (Å²) in [5, 5.41) is 0.440. The first-order valence-electron chi connectivity index (χ1n) is 4.07. The van der Waals surface area contributed by atoms with Crippen LogP contribution >= 0.6 is 11.6 Å². The van der Waals surface area contributed by atoms with Crippen LogP contribution in [0.3, 0.4) is 0 Å². The van der Waals surface area contributed by atoms with Gasteiger partial charge in [0, 0.05) is 0 Å². The molecular weight excluding hydrogens is 204 g/mol. The molecule has 1 aromatic rings. The summed E-state index contributed by atoms with van der Waals surface area (Å²) in [4.78, 5) is 10.9. The van der Waals surface area contributed by atoms with Crippen molar-refractivity contribution in [1.82, 2.24) is 0 Å². The van der Waals surface area contributed by atoms with E-state index < -0.39 is 6.16 Å². The number of carbonyl (C=O) groups excluding carboxylic acids is 1. The minimum absolute atomic E-state index is 0.360. The van der Waals surface area contributed by atoms with E-state index in [1.165, 1.54) is 7.11 Å². The fourth-order valence-corrected chi connectivity index (χ4v) is 1.25. The molecule has 0 heterocycles. The number of carbonyl (C=O) groups is 1. The predicted octanol–water partition coefficient (Wildman–Crippen LogP) is 3.10. The van der Waals surface area contributed by atoms with Crippen molar-refractivity contribution in [3.8, 4) is 5.75 Å². The number of ether oxygens (including phenoxy) is 2. The van der Waals surface area contributed by atoms with Gasteiger partial charge in [-0.25, -0.2) is 4.79 Å². The predicted molar refractivity (Wildman–Crippen MR) is 54.0 cm³/mol. The van der Waals surface area contributed by atoms with E-state index in [4.69, 9.17) is 16.3 Å². The van der Waals surface area contributed by atoms with Gasteiger partial charge in [-0.15, -0.1) is 0 Å². The second-order valence-corrected chi connectivity index (χ2v) is 3.28. The first-order valence-corrected chi connectivity index (χ1v) is 4.45. The molecule has 76 valence electrons. The third kappa shape index (κ3) is 2.17. The molecule has 0 bridgehead atoms. The van der Waals surface area contributed by atoms with E-state index in [0.29, 0.717) is 10.8 Å². The molecule has 0 aliphatic carbocycles. The second-order valence-electron chi connectivity index (χ2n) is 2.90. The molecule has 1 rings (SSSR count). The van der Waals surface area contributed by atoms with Gasteiger partial charge in [-0.2, -0.15) is 0 Å². The molecule has 0 amide bonds. The van der Waals surface area contributed by atoms with Crippen molar-refractivity contribution in [3.63, 3.8) is 0 Å². The Balaban J connectivity index is 3.06. The Hall–Kier alpha value is -1.22. The van der Waals surface area contributed by atoms with Gasteiger partial charge in [0.05, 0.1) is 12.1 Å². The SMILES string of the molecule is COC(=O)Oc1c(C)ccc(C)c1Cl. The highest BCUT2D eigenvalue weighted by atomic mass is 35.5. The molecule has 0 N–H and O–H groups in total. The summed E-state index contributed by atoms with van der Waals surface area (Å²) < 4.78 is 9.30. The van der Waals surface area contributed by atoms with Gasteiger partial charge in [-0.1, -0.05) is 23.7 Å². The fourth-order valence-electron chi connectivity index (χ4n) is 1.00. The van der Waals surface area contributed by atoms with E-state index in [2.05, 4.69) is 4.74 Å². The monoisotopic (exact) mass is 214 g/mol. The topological polar surface area (TPSA) is 35.5 Å². The van der Waals surface area contributed by atoms with Crippen LogP contribution in [-0.2, 0) is 4.74 Å². The summed E-state index contributed by atoms with van der Waals surface area (Å²) >= 11 is 5.97. The van der Waals surface area contributed by atoms with Crippen molar-refractivity contribution in [2.45, 2.75) is 13.8 Å². The van der Waals surface area contributed by atoms with Crippen LogP contribution in [0.2, 0.25) is 5.02 Å². The van der Waals surface area contributed by atoms with Gasteiger partial charge in [0.25, 0.3) is 0 Å². The molecule has 3 nitrogen and oxygen atoms in total. The summed E-state index contributed by atoms with van der Waals surface area (Å²) in [6, 6.07) is 3.70. The Bertz CT molecular complexity index is 361. The lowest BCUT2D eigenvalue weighted by Gasteiger charge is -2.09. The van der Waals surface area contributed by atoms with Crippen molar-refractivity contribution >= 4 is 17.8 Å². The van der Waals surface area contributed by atoms with E-state index in [9.17, 15) is 4.79 Å². The van der Waals surface area contributed by atoms with Crippen molar-refractivity contribution in [3.05, 3.63) is 28.3 Å². The average molecular weight is 215 g/mol. The maximum absolute atomic E-state index is 10.9. The summed E-state index contributed by atoms with van der Waals surface area (Å²) in [6.45, 7) is 3.65. The van der Waals surface area contributed by atoms with Gasteiger partial charge in [0.15, 0.2) is 5.75 Å². The van der Waals surface area contributed by atoms with E-state index in [0.717, 1.165) is 11.1 Å². The van der Waals surface area contributed by atoms with Crippen LogP contribution in [0.1, 0.15) is 11.1 Å². The molecule has 0 saturated carbocycles. The van der Waals surface area contributed by atoms with Gasteiger partial charge in [-0.05, 0) is 25.0 Å². The number of halogens is 1. The lowest BCUT2D eigenvalue weighted by molar-refractivity contribution is 0.121. The minimum atomic E-state index is -0.763. The highest BCUT2D eigenvalue weighted by Crippen LogP contribution is 2.31. The van der Waals surface area contributed by atoms with Crippen molar-refractivity contribution in [2.75, 3.05) is 7.11 Å². The molecule has 0 aliphatic rings. The zero-order valence-corrected chi connectivity index (χ0v) is 9.01. The van der Waals surface area contributed by atoms with Crippen LogP contribution in [-0.4, -0.2) is 13.3 Å². The average Bonchev–Trinajstić information content (AvgIpc) is 2.18. The molecule has 0 fully saturated rings. The molecular formula is C10H11ClO3. The smallest absolute Gasteiger partial charge is 0.437 e. The molecule has 14 heavy (non-hydrogen) atoms. The summed E-state index contributed by atoms with van der Waals surface area (Å²) in [6.07, 6.45) is -0.763. The zero-order valence-electron chi connectivity index (χ0n) is 8.26. The largest absolute Gasteiger partial charge is 0.513 e. The maximum atomic E-state index is 10.9. The number of aryl methyl sites for hydroxylation is 2. The number of benzene rings is 1. The number of rotatable bonds is 1. The Labute approximate surface area is 87.6 Å². The lowest BCUT2D eigenvalue weighted by atomic mass is 10.1. The zero-order chi connectivity index (χ0) is 10.7. The molecule has 0 unspecified atom stereocenters. The van der Waals surface area contributed by atoms with Crippen molar-refractivity contribution in [1.29, 1.82) is 0 Å². The molecule has 0 saturated heterocycles. The van der Waals surface area contributed by atoms with E-state index in [1.54, 1.807) is 0 Å². The number of hydrogen-bond donors (Lipinski definition) is 0. The Morgan fingerprint density at radius 3 is 2.43 bits per heavy atom. The number of methoxy groups -OCH3 is 1. The molecule has 4 heteroatoms. The molecule has 0 aromatic heterocycles. The summed E-state index contributed by atoms with van der Waals surface area (Å²) in [5.74, 6) is 0.360. The van der Waals surface area contributed by atoms with Gasteiger partial charge in [-0.3, -0.25) is 0 Å². The normalized spacial score (nSPS) is 9.71. The van der Waals surface area contributed by atoms with Gasteiger partial charge >= 0.3 is 6.16 Å². The standard InChI is InChI=1S/C10H11ClO3/c1-6-4-5-7(2)9(8(6)11)14-10(12)13-3/h4-5H,1-3H3. The third-order valence-electron chi connectivity index (χ3n) is 1.84. The number of hydrogen-bond acceptors (Lipinski definition) is 3. The van der Waals surface area contributed by atoms with Gasteiger partial charge < -0.3 is 9.47 Å². The first-order chi connectivity index (χ1) is 6.56. The lowest BCUT2D eigenvalue weighted by Crippen LogP contribution is -2.08. The van der Waals surface area contributed by atoms with Crippen LogP contribution < -0.4 is 4.74 Å². The van der Waals surface area contributed by atoms with Gasteiger partial charge in [0.2, 0.25) is 0 Å². The Kier molecular flexibility index (Phi) is 3.36. The molecule has 0 atom stereocenters. The van der Waals surface area contributed by atoms with Crippen LogP contribution in [0.15, 0.2) is 12.1 Å². The van der Waals surface area contributed by atoms with Crippen LogP contribution in [0, 0.1) is 13.8 Å². The van der Waals surface area contributed by atoms with Crippen LogP contribution in [0.5, 0.6) is 5.75 Å². The molecule has 0 aliphatic heterocycles. The summed E-state index contributed by atoms with van der Waals surface area (Å²) in [7, 11) is 1.25. The van der Waals surface area contributed by atoms with Crippen molar-refractivity contribution < 1.29 is 14.3 Å². The van der Waals surface area contributed by atoms with E-state index in [1.807, 2.05) is 26.0 Å². The van der Waals surface area contributed by atoms with E-state index >= 15 is 0 Å². The van der Waals surface area contributed by atoms with Crippen molar-refractivity contribution in [2.24, 2.45) is 0 Å².